The standard InChI is InChI=1S/C15H22N2O4/c1-11(18)12-6-7-14(15(9-12)17(19)20)16(2)10-13-5-3-4-8-21-13/h6-7,9,11,13,18H,3-5,8,10H2,1-2H3/t11-,13?/m1/s1. The Morgan fingerprint density at radius 3 is 2.86 bits per heavy atom. The molecular weight excluding hydrogens is 272 g/mol. The molecule has 1 aromatic carbocycles. The first kappa shape index (κ1) is 15.7. The first-order chi connectivity index (χ1) is 9.99. The lowest BCUT2D eigenvalue weighted by molar-refractivity contribution is -0.384. The molecule has 1 N–H and O–H groups in total. The van der Waals surface area contributed by atoms with Crippen LogP contribution in [0, 0.1) is 10.1 Å². The molecule has 1 fully saturated rings. The SMILES string of the molecule is C[C@@H](O)c1ccc(N(C)CC2CCCCO2)c([N+](=O)[O-])c1. The highest BCUT2D eigenvalue weighted by Crippen LogP contribution is 2.31. The van der Waals surface area contributed by atoms with Crippen molar-refractivity contribution in [3.05, 3.63) is 33.9 Å². The predicted molar refractivity (Wildman–Crippen MR) is 80.6 cm³/mol. The van der Waals surface area contributed by atoms with Gasteiger partial charge in [-0.2, -0.15) is 0 Å². The second-order valence-corrected chi connectivity index (χ2v) is 5.55. The summed E-state index contributed by atoms with van der Waals surface area (Å²) in [7, 11) is 1.84. The summed E-state index contributed by atoms with van der Waals surface area (Å²) in [5.74, 6) is 0. The zero-order chi connectivity index (χ0) is 15.4. The number of anilines is 1. The Balaban J connectivity index is 2.18. The summed E-state index contributed by atoms with van der Waals surface area (Å²) in [6.07, 6.45) is 2.62. The van der Waals surface area contributed by atoms with Crippen molar-refractivity contribution >= 4 is 11.4 Å². The maximum Gasteiger partial charge on any atom is 0.292 e. The lowest BCUT2D eigenvalue weighted by atomic mass is 10.1. The fraction of sp³-hybridized carbons (Fsp3) is 0.600. The van der Waals surface area contributed by atoms with E-state index >= 15 is 0 Å². The third-order valence-corrected chi connectivity index (χ3v) is 3.84. The third-order valence-electron chi connectivity index (χ3n) is 3.84. The van der Waals surface area contributed by atoms with E-state index in [-0.39, 0.29) is 11.8 Å². The van der Waals surface area contributed by atoms with Crippen molar-refractivity contribution in [1.29, 1.82) is 0 Å². The molecule has 0 bridgehead atoms. The number of likely N-dealkylation sites (N-methyl/N-ethyl adjacent to an activating group) is 1. The van der Waals surface area contributed by atoms with Crippen molar-refractivity contribution in [3.8, 4) is 0 Å². The molecular formula is C15H22N2O4. The summed E-state index contributed by atoms with van der Waals surface area (Å²) in [5.41, 5.74) is 1.12. The van der Waals surface area contributed by atoms with Gasteiger partial charge in [-0.3, -0.25) is 10.1 Å². The number of hydrogen-bond acceptors (Lipinski definition) is 5. The number of nitrogens with zero attached hydrogens (tertiary/aromatic N) is 2. The molecule has 0 aromatic heterocycles. The Labute approximate surface area is 124 Å². The number of nitro groups is 1. The number of aliphatic hydroxyl groups is 1. The lowest BCUT2D eigenvalue weighted by Gasteiger charge is -2.28. The molecule has 1 heterocycles. The van der Waals surface area contributed by atoms with Gasteiger partial charge >= 0.3 is 0 Å². The van der Waals surface area contributed by atoms with Crippen molar-refractivity contribution < 1.29 is 14.8 Å². The average Bonchev–Trinajstić information content (AvgIpc) is 2.47. The number of aliphatic hydroxyl groups excluding tert-OH is 1. The normalized spacial score (nSPS) is 20.0. The molecule has 6 heteroatoms. The molecule has 6 nitrogen and oxygen atoms in total. The Morgan fingerprint density at radius 1 is 1.52 bits per heavy atom. The van der Waals surface area contributed by atoms with Crippen molar-refractivity contribution in [3.63, 3.8) is 0 Å². The lowest BCUT2D eigenvalue weighted by Crippen LogP contribution is -2.33. The molecule has 1 unspecified atom stereocenters. The highest BCUT2D eigenvalue weighted by molar-refractivity contribution is 5.64. The average molecular weight is 294 g/mol. The van der Waals surface area contributed by atoms with E-state index in [0.29, 0.717) is 17.8 Å². The van der Waals surface area contributed by atoms with E-state index in [2.05, 4.69) is 0 Å². The van der Waals surface area contributed by atoms with E-state index in [1.807, 2.05) is 11.9 Å². The minimum atomic E-state index is -0.718. The molecule has 1 saturated heterocycles. The van der Waals surface area contributed by atoms with Crippen LogP contribution >= 0.6 is 0 Å². The minimum absolute atomic E-state index is 0.0201. The van der Waals surface area contributed by atoms with Crippen LogP contribution < -0.4 is 4.90 Å². The number of rotatable bonds is 5. The molecule has 116 valence electrons. The molecule has 21 heavy (non-hydrogen) atoms. The maximum absolute atomic E-state index is 11.3. The first-order valence-corrected chi connectivity index (χ1v) is 7.28. The van der Waals surface area contributed by atoms with Crippen molar-refractivity contribution in [2.24, 2.45) is 0 Å². The Bertz CT molecular complexity index is 498. The van der Waals surface area contributed by atoms with Crippen LogP contribution in [0.5, 0.6) is 0 Å². The van der Waals surface area contributed by atoms with E-state index in [0.717, 1.165) is 25.9 Å². The molecule has 0 saturated carbocycles. The van der Waals surface area contributed by atoms with Gasteiger partial charge in [0.05, 0.1) is 17.1 Å². The summed E-state index contributed by atoms with van der Waals surface area (Å²) in [6.45, 7) is 2.99. The quantitative estimate of drug-likeness (QED) is 0.667. The minimum Gasteiger partial charge on any atom is -0.389 e. The summed E-state index contributed by atoms with van der Waals surface area (Å²) >= 11 is 0. The van der Waals surface area contributed by atoms with Gasteiger partial charge in [-0.25, -0.2) is 0 Å². The van der Waals surface area contributed by atoms with Gasteiger partial charge in [0.25, 0.3) is 5.69 Å². The van der Waals surface area contributed by atoms with Crippen LogP contribution in [-0.4, -0.2) is 36.3 Å². The van der Waals surface area contributed by atoms with Gasteiger partial charge < -0.3 is 14.7 Å². The zero-order valence-corrected chi connectivity index (χ0v) is 12.5. The van der Waals surface area contributed by atoms with Crippen LogP contribution in [0.4, 0.5) is 11.4 Å². The summed E-state index contributed by atoms with van der Waals surface area (Å²) in [4.78, 5) is 12.7. The molecule has 1 aliphatic rings. The number of hydrogen-bond donors (Lipinski definition) is 1. The van der Waals surface area contributed by atoms with E-state index in [1.165, 1.54) is 6.07 Å². The van der Waals surface area contributed by atoms with Gasteiger partial charge in [-0.15, -0.1) is 0 Å². The Kier molecular flexibility index (Phi) is 5.14. The number of ether oxygens (including phenoxy) is 1. The second-order valence-electron chi connectivity index (χ2n) is 5.55. The Hall–Kier alpha value is -1.66. The number of nitro benzene ring substituents is 1. The van der Waals surface area contributed by atoms with Crippen molar-refractivity contribution in [1.82, 2.24) is 0 Å². The van der Waals surface area contributed by atoms with Crippen molar-refractivity contribution in [2.45, 2.75) is 38.4 Å². The smallest absolute Gasteiger partial charge is 0.292 e. The summed E-state index contributed by atoms with van der Waals surface area (Å²) in [6, 6.07) is 4.87. The largest absolute Gasteiger partial charge is 0.389 e. The highest BCUT2D eigenvalue weighted by Gasteiger charge is 2.22. The van der Waals surface area contributed by atoms with E-state index in [1.54, 1.807) is 19.1 Å². The molecule has 0 amide bonds. The van der Waals surface area contributed by atoms with Crippen LogP contribution in [0.15, 0.2) is 18.2 Å². The Morgan fingerprint density at radius 2 is 2.29 bits per heavy atom. The first-order valence-electron chi connectivity index (χ1n) is 7.28. The van der Waals surface area contributed by atoms with Crippen LogP contribution in [0.1, 0.15) is 37.9 Å². The topological polar surface area (TPSA) is 75.8 Å². The molecule has 2 atom stereocenters. The molecule has 2 rings (SSSR count). The predicted octanol–water partition coefficient (Wildman–Crippen LogP) is 2.65. The van der Waals surface area contributed by atoms with Crippen LogP contribution in [0.2, 0.25) is 0 Å². The zero-order valence-electron chi connectivity index (χ0n) is 12.5. The third kappa shape index (κ3) is 3.92. The monoisotopic (exact) mass is 294 g/mol. The summed E-state index contributed by atoms with van der Waals surface area (Å²) in [5, 5.41) is 20.8. The molecule has 0 spiro atoms. The van der Waals surface area contributed by atoms with E-state index in [9.17, 15) is 15.2 Å². The fourth-order valence-electron chi connectivity index (χ4n) is 2.62. The summed E-state index contributed by atoms with van der Waals surface area (Å²) < 4.78 is 5.68. The molecule has 0 aliphatic carbocycles. The van der Waals surface area contributed by atoms with Gasteiger partial charge in [-0.1, -0.05) is 6.07 Å². The van der Waals surface area contributed by atoms with Crippen molar-refractivity contribution in [2.75, 3.05) is 25.1 Å². The molecule has 1 aliphatic heterocycles. The van der Waals surface area contributed by atoms with Gasteiger partial charge in [0.1, 0.15) is 5.69 Å². The van der Waals surface area contributed by atoms with Gasteiger partial charge in [0.15, 0.2) is 0 Å². The van der Waals surface area contributed by atoms with Crippen LogP contribution in [0.3, 0.4) is 0 Å². The molecule has 1 aromatic rings. The van der Waals surface area contributed by atoms with Crippen LogP contribution in [-0.2, 0) is 4.74 Å². The highest BCUT2D eigenvalue weighted by atomic mass is 16.6. The second kappa shape index (κ2) is 6.87. The fourth-order valence-corrected chi connectivity index (χ4v) is 2.62. The van der Waals surface area contributed by atoms with E-state index in [4.69, 9.17) is 4.74 Å². The number of benzene rings is 1. The van der Waals surface area contributed by atoms with Gasteiger partial charge in [0, 0.05) is 26.3 Å². The molecule has 0 radical (unpaired) electrons. The maximum atomic E-state index is 11.3. The van der Waals surface area contributed by atoms with Crippen LogP contribution in [0.25, 0.3) is 0 Å². The van der Waals surface area contributed by atoms with Gasteiger partial charge in [0.2, 0.25) is 0 Å². The van der Waals surface area contributed by atoms with E-state index < -0.39 is 11.0 Å². The van der Waals surface area contributed by atoms with Gasteiger partial charge in [-0.05, 0) is 37.8 Å².